The molecule has 0 radical (unpaired) electrons. The Bertz CT molecular complexity index is 979. The van der Waals surface area contributed by atoms with E-state index in [-0.39, 0.29) is 5.76 Å². The Morgan fingerprint density at radius 3 is 2.62 bits per heavy atom. The smallest absolute Gasteiger partial charge is 0.374 e. The van der Waals surface area contributed by atoms with E-state index in [1.165, 1.54) is 23.0 Å². The monoisotopic (exact) mass is 370 g/mol. The average molecular weight is 370 g/mol. The van der Waals surface area contributed by atoms with Crippen LogP contribution in [0.15, 0.2) is 57.4 Å². The molecule has 0 atom stereocenters. The number of amides is 1. The quantitative estimate of drug-likeness (QED) is 0.647. The van der Waals surface area contributed by atoms with Crippen molar-refractivity contribution in [2.45, 2.75) is 20.4 Å². The standard InChI is InChI=1S/C19H18N2O4S/c1-13-3-6-15(7-4-13)11-21-9-10-26-19(21)20-17(22)12-24-18(23)16-8-5-14(2)25-16/h3-10H,11-12H2,1-2H3. The number of rotatable bonds is 5. The molecular formula is C19H18N2O4S. The van der Waals surface area contributed by atoms with Crippen molar-refractivity contribution < 1.29 is 18.7 Å². The molecule has 134 valence electrons. The summed E-state index contributed by atoms with van der Waals surface area (Å²) < 4.78 is 12.0. The van der Waals surface area contributed by atoms with Crippen molar-refractivity contribution in [1.82, 2.24) is 4.57 Å². The Morgan fingerprint density at radius 2 is 1.92 bits per heavy atom. The number of aromatic nitrogens is 1. The summed E-state index contributed by atoms with van der Waals surface area (Å²) in [6.07, 6.45) is 1.87. The first kappa shape index (κ1) is 17.9. The van der Waals surface area contributed by atoms with Gasteiger partial charge < -0.3 is 13.7 Å². The van der Waals surface area contributed by atoms with Gasteiger partial charge in [-0.1, -0.05) is 29.8 Å². The fourth-order valence-electron chi connectivity index (χ4n) is 2.28. The van der Waals surface area contributed by atoms with Gasteiger partial charge in [0, 0.05) is 18.1 Å². The van der Waals surface area contributed by atoms with Gasteiger partial charge in [0.1, 0.15) is 5.76 Å². The largest absolute Gasteiger partial charge is 0.454 e. The first-order valence-electron chi connectivity index (χ1n) is 8.02. The Balaban J connectivity index is 1.64. The number of carbonyl (C=O) groups is 2. The predicted molar refractivity (Wildman–Crippen MR) is 96.9 cm³/mol. The molecule has 0 saturated carbocycles. The molecule has 0 aliphatic heterocycles. The summed E-state index contributed by atoms with van der Waals surface area (Å²) in [7, 11) is 0. The Morgan fingerprint density at radius 1 is 1.15 bits per heavy atom. The molecule has 2 aromatic heterocycles. The molecule has 26 heavy (non-hydrogen) atoms. The minimum absolute atomic E-state index is 0.0702. The number of hydrogen-bond acceptors (Lipinski definition) is 5. The second-order valence-corrected chi connectivity index (χ2v) is 6.66. The third-order valence-corrected chi connectivity index (χ3v) is 4.42. The lowest BCUT2D eigenvalue weighted by Crippen LogP contribution is -2.19. The minimum Gasteiger partial charge on any atom is -0.454 e. The van der Waals surface area contributed by atoms with Gasteiger partial charge in [-0.15, -0.1) is 11.3 Å². The van der Waals surface area contributed by atoms with E-state index in [0.717, 1.165) is 5.56 Å². The van der Waals surface area contributed by atoms with Crippen LogP contribution in [-0.4, -0.2) is 23.1 Å². The molecule has 0 saturated heterocycles. The molecule has 7 heteroatoms. The van der Waals surface area contributed by atoms with Gasteiger partial charge in [0.2, 0.25) is 5.76 Å². The number of esters is 1. The molecule has 0 bridgehead atoms. The van der Waals surface area contributed by atoms with E-state index in [0.29, 0.717) is 17.1 Å². The molecular weight excluding hydrogens is 352 g/mol. The summed E-state index contributed by atoms with van der Waals surface area (Å²) in [4.78, 5) is 28.4. The third-order valence-electron chi connectivity index (χ3n) is 3.62. The van der Waals surface area contributed by atoms with Crippen LogP contribution in [0.5, 0.6) is 0 Å². The van der Waals surface area contributed by atoms with Gasteiger partial charge in [-0.2, -0.15) is 4.99 Å². The lowest BCUT2D eigenvalue weighted by molar-refractivity contribution is -0.121. The van der Waals surface area contributed by atoms with Crippen molar-refractivity contribution in [3.8, 4) is 0 Å². The summed E-state index contributed by atoms with van der Waals surface area (Å²) in [6.45, 7) is 3.94. The van der Waals surface area contributed by atoms with Crippen LogP contribution in [0.2, 0.25) is 0 Å². The SMILES string of the molecule is Cc1ccc(Cn2ccsc2=NC(=O)COC(=O)c2ccc(C)o2)cc1. The minimum atomic E-state index is -0.680. The van der Waals surface area contributed by atoms with Crippen molar-refractivity contribution in [2.75, 3.05) is 6.61 Å². The molecule has 0 fully saturated rings. The van der Waals surface area contributed by atoms with Crippen molar-refractivity contribution >= 4 is 23.2 Å². The van der Waals surface area contributed by atoms with Crippen LogP contribution in [0.25, 0.3) is 0 Å². The summed E-state index contributed by atoms with van der Waals surface area (Å²) in [5.41, 5.74) is 2.31. The summed E-state index contributed by atoms with van der Waals surface area (Å²) in [5.74, 6) is -0.536. The van der Waals surface area contributed by atoms with E-state index in [9.17, 15) is 9.59 Å². The molecule has 0 N–H and O–H groups in total. The van der Waals surface area contributed by atoms with E-state index in [1.807, 2.05) is 47.3 Å². The molecule has 0 spiro atoms. The molecule has 3 aromatic rings. The predicted octanol–water partition coefficient (Wildman–Crippen LogP) is 3.09. The second kappa shape index (κ2) is 7.97. The van der Waals surface area contributed by atoms with Crippen molar-refractivity contribution in [3.63, 3.8) is 0 Å². The number of furan rings is 1. The van der Waals surface area contributed by atoms with Gasteiger partial charge in [-0.05, 0) is 31.5 Å². The second-order valence-electron chi connectivity index (χ2n) is 5.79. The van der Waals surface area contributed by atoms with Gasteiger partial charge in [-0.25, -0.2) is 4.79 Å². The Labute approximate surface area is 154 Å². The zero-order valence-corrected chi connectivity index (χ0v) is 15.3. The highest BCUT2D eigenvalue weighted by Crippen LogP contribution is 2.08. The molecule has 3 rings (SSSR count). The first-order valence-corrected chi connectivity index (χ1v) is 8.90. The normalized spacial score (nSPS) is 11.5. The maximum atomic E-state index is 12.0. The number of nitrogens with zero attached hydrogens (tertiary/aromatic N) is 2. The van der Waals surface area contributed by atoms with Crippen molar-refractivity contribution in [3.05, 3.63) is 75.4 Å². The molecule has 6 nitrogen and oxygen atoms in total. The van der Waals surface area contributed by atoms with Crippen molar-refractivity contribution in [1.29, 1.82) is 0 Å². The zero-order valence-electron chi connectivity index (χ0n) is 14.5. The van der Waals surface area contributed by atoms with E-state index < -0.39 is 18.5 Å². The maximum absolute atomic E-state index is 12.0. The number of benzene rings is 1. The highest BCUT2D eigenvalue weighted by atomic mass is 32.1. The van der Waals surface area contributed by atoms with Gasteiger partial charge in [-0.3, -0.25) is 4.79 Å². The molecule has 0 unspecified atom stereocenters. The summed E-state index contributed by atoms with van der Waals surface area (Å²) >= 11 is 1.35. The van der Waals surface area contributed by atoms with Gasteiger partial charge >= 0.3 is 5.97 Å². The summed E-state index contributed by atoms with van der Waals surface area (Å²) in [5, 5.41) is 1.86. The maximum Gasteiger partial charge on any atom is 0.374 e. The van der Waals surface area contributed by atoms with Gasteiger partial charge in [0.05, 0.1) is 0 Å². The van der Waals surface area contributed by atoms with E-state index in [1.54, 1.807) is 13.0 Å². The van der Waals surface area contributed by atoms with Crippen LogP contribution in [-0.2, 0) is 16.1 Å². The van der Waals surface area contributed by atoms with Crippen LogP contribution in [0.4, 0.5) is 0 Å². The first-order chi connectivity index (χ1) is 12.5. The topological polar surface area (TPSA) is 73.8 Å². The van der Waals surface area contributed by atoms with Crippen LogP contribution >= 0.6 is 11.3 Å². The molecule has 2 heterocycles. The van der Waals surface area contributed by atoms with Crippen LogP contribution in [0, 0.1) is 13.8 Å². The summed E-state index contributed by atoms with van der Waals surface area (Å²) in [6, 6.07) is 11.3. The lowest BCUT2D eigenvalue weighted by atomic mass is 10.1. The zero-order chi connectivity index (χ0) is 18.5. The molecule has 1 aromatic carbocycles. The van der Waals surface area contributed by atoms with Crippen molar-refractivity contribution in [2.24, 2.45) is 4.99 Å². The Hall–Kier alpha value is -2.93. The van der Waals surface area contributed by atoms with Crippen LogP contribution < -0.4 is 4.80 Å². The van der Waals surface area contributed by atoms with Gasteiger partial charge in [0.25, 0.3) is 5.91 Å². The van der Waals surface area contributed by atoms with E-state index in [4.69, 9.17) is 9.15 Å². The number of thiazole rings is 1. The number of hydrogen-bond donors (Lipinski definition) is 0. The average Bonchev–Trinajstić information content (AvgIpc) is 3.24. The number of aryl methyl sites for hydroxylation is 2. The van der Waals surface area contributed by atoms with Gasteiger partial charge in [0.15, 0.2) is 11.4 Å². The number of ether oxygens (including phenoxy) is 1. The fourth-order valence-corrected chi connectivity index (χ4v) is 3.02. The third kappa shape index (κ3) is 4.58. The Kier molecular flexibility index (Phi) is 5.48. The van der Waals surface area contributed by atoms with E-state index in [2.05, 4.69) is 4.99 Å². The lowest BCUT2D eigenvalue weighted by Gasteiger charge is -2.04. The number of carbonyl (C=O) groups excluding carboxylic acids is 2. The van der Waals surface area contributed by atoms with Crippen LogP contribution in [0.3, 0.4) is 0 Å². The highest BCUT2D eigenvalue weighted by Gasteiger charge is 2.13. The molecule has 0 aliphatic rings. The molecule has 0 aliphatic carbocycles. The fraction of sp³-hybridized carbons (Fsp3) is 0.211. The van der Waals surface area contributed by atoms with Crippen LogP contribution in [0.1, 0.15) is 27.4 Å². The molecule has 1 amide bonds. The highest BCUT2D eigenvalue weighted by molar-refractivity contribution is 7.07. The van der Waals surface area contributed by atoms with E-state index >= 15 is 0 Å².